The van der Waals surface area contributed by atoms with E-state index in [1.165, 1.54) is 4.90 Å². The third-order valence-corrected chi connectivity index (χ3v) is 5.66. The molecule has 0 unspecified atom stereocenters. The van der Waals surface area contributed by atoms with Crippen LogP contribution in [0.3, 0.4) is 0 Å². The van der Waals surface area contributed by atoms with E-state index < -0.39 is 13.6 Å². The average molecular weight is 330 g/mol. The van der Waals surface area contributed by atoms with Crippen molar-refractivity contribution in [1.82, 2.24) is 9.80 Å². The number of unbranched alkanes of at least 4 members (excludes halogenated alkanes) is 1. The maximum absolute atomic E-state index is 12.4. The van der Waals surface area contributed by atoms with Crippen LogP contribution in [0.5, 0.6) is 0 Å². The highest BCUT2D eigenvalue weighted by atomic mass is 28.3. The van der Waals surface area contributed by atoms with Crippen LogP contribution in [-0.4, -0.2) is 61.8 Å². The van der Waals surface area contributed by atoms with Gasteiger partial charge in [0.15, 0.2) is 0 Å². The lowest BCUT2D eigenvalue weighted by Crippen LogP contribution is -2.44. The van der Waals surface area contributed by atoms with Gasteiger partial charge in [-0.3, -0.25) is 4.79 Å². The smallest absolute Gasteiger partial charge is 0.329 e. The van der Waals surface area contributed by atoms with E-state index in [9.17, 15) is 9.59 Å². The zero-order valence-electron chi connectivity index (χ0n) is 14.6. The van der Waals surface area contributed by atoms with Crippen LogP contribution in [0.4, 0.5) is 4.79 Å². The molecule has 0 aromatic rings. The van der Waals surface area contributed by atoms with Crippen molar-refractivity contribution in [2.24, 2.45) is 5.73 Å². The zero-order valence-corrected chi connectivity index (χ0v) is 15.6. The van der Waals surface area contributed by atoms with Gasteiger partial charge in [-0.25, -0.2) is 9.69 Å². The Bertz CT molecular complexity index is 407. The van der Waals surface area contributed by atoms with Gasteiger partial charge < -0.3 is 15.4 Å². The second-order valence-electron chi connectivity index (χ2n) is 7.57. The standard InChI is InChI=1S/C15H31N3O3Si/c1-15(2)13(19)17(12-21-10-11-22(3,4)5)14(20)18(15)9-7-6-8-16/h6-12,16H2,1-5H3. The van der Waals surface area contributed by atoms with E-state index in [1.807, 2.05) is 0 Å². The SMILES string of the molecule is CC1(C)C(=O)N(COCC[Si](C)(C)C)C(=O)N1CCCCN. The molecule has 0 aromatic heterocycles. The highest BCUT2D eigenvalue weighted by molar-refractivity contribution is 6.76. The summed E-state index contributed by atoms with van der Waals surface area (Å²) < 4.78 is 5.57. The van der Waals surface area contributed by atoms with Gasteiger partial charge in [0.2, 0.25) is 0 Å². The van der Waals surface area contributed by atoms with Gasteiger partial charge in [-0.2, -0.15) is 0 Å². The van der Waals surface area contributed by atoms with Gasteiger partial charge in [0.1, 0.15) is 12.3 Å². The number of carbonyl (C=O) groups is 2. The van der Waals surface area contributed by atoms with Crippen molar-refractivity contribution >= 4 is 20.0 Å². The molecule has 0 saturated carbocycles. The Morgan fingerprint density at radius 3 is 2.36 bits per heavy atom. The summed E-state index contributed by atoms with van der Waals surface area (Å²) in [6.45, 7) is 12.2. The number of nitrogens with two attached hydrogens (primary N) is 1. The number of imide groups is 1. The Kier molecular flexibility index (Phi) is 6.58. The number of carbonyl (C=O) groups excluding carboxylic acids is 2. The summed E-state index contributed by atoms with van der Waals surface area (Å²) in [6.07, 6.45) is 1.66. The Morgan fingerprint density at radius 2 is 1.82 bits per heavy atom. The fourth-order valence-corrected chi connectivity index (χ4v) is 3.11. The van der Waals surface area contributed by atoms with Crippen LogP contribution in [0.1, 0.15) is 26.7 Å². The van der Waals surface area contributed by atoms with Gasteiger partial charge in [-0.05, 0) is 39.3 Å². The normalized spacial score (nSPS) is 18.5. The maximum atomic E-state index is 12.4. The maximum Gasteiger partial charge on any atom is 0.329 e. The molecule has 2 N–H and O–H groups in total. The molecule has 0 bridgehead atoms. The molecule has 1 aliphatic rings. The van der Waals surface area contributed by atoms with Crippen LogP contribution in [0.15, 0.2) is 0 Å². The van der Waals surface area contributed by atoms with Crippen molar-refractivity contribution in [2.75, 3.05) is 26.4 Å². The molecule has 0 spiro atoms. The molecular formula is C15H31N3O3Si. The first-order valence-electron chi connectivity index (χ1n) is 8.02. The zero-order chi connectivity index (χ0) is 17.0. The average Bonchev–Trinajstić information content (AvgIpc) is 2.55. The van der Waals surface area contributed by atoms with Crippen molar-refractivity contribution in [2.45, 2.75) is 57.9 Å². The lowest BCUT2D eigenvalue weighted by Gasteiger charge is -2.27. The van der Waals surface area contributed by atoms with E-state index in [0.29, 0.717) is 19.7 Å². The summed E-state index contributed by atoms with van der Waals surface area (Å²) in [5.74, 6) is -0.182. The molecule has 22 heavy (non-hydrogen) atoms. The van der Waals surface area contributed by atoms with Crippen LogP contribution in [0.25, 0.3) is 0 Å². The van der Waals surface area contributed by atoms with Gasteiger partial charge in [-0.15, -0.1) is 0 Å². The molecule has 1 fully saturated rings. The first kappa shape index (κ1) is 19.1. The van der Waals surface area contributed by atoms with Crippen molar-refractivity contribution in [1.29, 1.82) is 0 Å². The van der Waals surface area contributed by atoms with Crippen LogP contribution in [-0.2, 0) is 9.53 Å². The fourth-order valence-electron chi connectivity index (χ4n) is 2.35. The van der Waals surface area contributed by atoms with Crippen molar-refractivity contribution < 1.29 is 14.3 Å². The summed E-state index contributed by atoms with van der Waals surface area (Å²) in [4.78, 5) is 27.7. The number of hydrogen-bond acceptors (Lipinski definition) is 4. The minimum atomic E-state index is -1.17. The summed E-state index contributed by atoms with van der Waals surface area (Å²) >= 11 is 0. The van der Waals surface area contributed by atoms with Gasteiger partial charge >= 0.3 is 6.03 Å². The second-order valence-corrected chi connectivity index (χ2v) is 13.2. The highest BCUT2D eigenvalue weighted by Gasteiger charge is 2.50. The van der Waals surface area contributed by atoms with Crippen LogP contribution < -0.4 is 5.73 Å². The molecule has 1 saturated heterocycles. The Balaban J connectivity index is 2.57. The summed E-state index contributed by atoms with van der Waals surface area (Å²) in [6, 6.07) is 0.771. The molecule has 0 atom stereocenters. The number of hydrogen-bond donors (Lipinski definition) is 1. The van der Waals surface area contributed by atoms with Crippen molar-refractivity contribution in [3.8, 4) is 0 Å². The molecule has 0 aliphatic carbocycles. The summed E-state index contributed by atoms with van der Waals surface area (Å²) in [7, 11) is -1.17. The van der Waals surface area contributed by atoms with E-state index in [0.717, 1.165) is 18.9 Å². The van der Waals surface area contributed by atoms with E-state index in [2.05, 4.69) is 19.6 Å². The van der Waals surface area contributed by atoms with Crippen LogP contribution >= 0.6 is 0 Å². The number of urea groups is 1. The molecule has 7 heteroatoms. The molecule has 6 nitrogen and oxygen atoms in total. The minimum Gasteiger partial charge on any atom is -0.361 e. The molecule has 1 heterocycles. The fraction of sp³-hybridized carbons (Fsp3) is 0.867. The Hall–Kier alpha value is -0.923. The van der Waals surface area contributed by atoms with Gasteiger partial charge in [0.25, 0.3) is 5.91 Å². The monoisotopic (exact) mass is 329 g/mol. The van der Waals surface area contributed by atoms with Gasteiger partial charge in [-0.1, -0.05) is 19.6 Å². The van der Waals surface area contributed by atoms with E-state index in [-0.39, 0.29) is 18.7 Å². The third kappa shape index (κ3) is 4.79. The summed E-state index contributed by atoms with van der Waals surface area (Å²) in [5.41, 5.74) is 4.69. The van der Waals surface area contributed by atoms with E-state index in [4.69, 9.17) is 10.5 Å². The van der Waals surface area contributed by atoms with Crippen molar-refractivity contribution in [3.63, 3.8) is 0 Å². The number of rotatable bonds is 9. The topological polar surface area (TPSA) is 75.9 Å². The van der Waals surface area contributed by atoms with E-state index >= 15 is 0 Å². The molecule has 128 valence electrons. The predicted molar refractivity (Wildman–Crippen MR) is 90.3 cm³/mol. The summed E-state index contributed by atoms with van der Waals surface area (Å²) in [5, 5.41) is 0. The third-order valence-electron chi connectivity index (χ3n) is 3.96. The minimum absolute atomic E-state index is 0.0545. The van der Waals surface area contributed by atoms with Crippen molar-refractivity contribution in [3.05, 3.63) is 0 Å². The molecule has 0 aromatic carbocycles. The molecule has 1 aliphatic heterocycles. The largest absolute Gasteiger partial charge is 0.361 e. The van der Waals surface area contributed by atoms with Crippen LogP contribution in [0, 0.1) is 0 Å². The second kappa shape index (κ2) is 7.57. The first-order chi connectivity index (χ1) is 10.1. The molecule has 0 radical (unpaired) electrons. The van der Waals surface area contributed by atoms with E-state index in [1.54, 1.807) is 18.7 Å². The van der Waals surface area contributed by atoms with Gasteiger partial charge in [0.05, 0.1) is 0 Å². The molecule has 1 rings (SSSR count). The highest BCUT2D eigenvalue weighted by Crippen LogP contribution is 2.27. The lowest BCUT2D eigenvalue weighted by molar-refractivity contribution is -0.135. The Morgan fingerprint density at radius 1 is 1.18 bits per heavy atom. The molecule has 3 amide bonds. The number of nitrogens with zero attached hydrogens (tertiary/aromatic N) is 2. The predicted octanol–water partition coefficient (Wildman–Crippen LogP) is 2.08. The van der Waals surface area contributed by atoms with Crippen LogP contribution in [0.2, 0.25) is 25.7 Å². The first-order valence-corrected chi connectivity index (χ1v) is 11.7. The lowest BCUT2D eigenvalue weighted by atomic mass is 10.0. The number of ether oxygens (including phenoxy) is 1. The van der Waals surface area contributed by atoms with Gasteiger partial charge in [0, 0.05) is 21.2 Å². The Labute approximate surface area is 135 Å². The molecular weight excluding hydrogens is 298 g/mol. The number of amides is 3. The quantitative estimate of drug-likeness (QED) is 0.399.